The molecule has 1 aliphatic heterocycles. The quantitative estimate of drug-likeness (QED) is 0.806. The van der Waals surface area contributed by atoms with Crippen molar-refractivity contribution < 1.29 is 19.4 Å². The topological polar surface area (TPSA) is 66.8 Å². The van der Waals surface area contributed by atoms with Crippen LogP contribution in [-0.2, 0) is 9.53 Å². The Kier molecular flexibility index (Phi) is 5.84. The number of rotatable bonds is 4. The van der Waals surface area contributed by atoms with E-state index in [1.54, 1.807) is 11.8 Å². The van der Waals surface area contributed by atoms with Gasteiger partial charge < -0.3 is 14.7 Å². The first-order valence-corrected chi connectivity index (χ1v) is 7.42. The molecule has 5 nitrogen and oxygen atoms in total. The van der Waals surface area contributed by atoms with Crippen molar-refractivity contribution in [1.82, 2.24) is 4.90 Å². The highest BCUT2D eigenvalue weighted by Gasteiger charge is 2.41. The predicted octanol–water partition coefficient (Wildman–Crippen LogP) is 3.13. The monoisotopic (exact) mass is 285 g/mol. The normalized spacial score (nSPS) is 23.5. The Morgan fingerprint density at radius 2 is 2.00 bits per heavy atom. The first-order valence-electron chi connectivity index (χ1n) is 7.42. The van der Waals surface area contributed by atoms with Gasteiger partial charge in [-0.1, -0.05) is 20.8 Å². The number of carboxylic acid groups (broad SMARTS) is 1. The van der Waals surface area contributed by atoms with Crippen LogP contribution in [0.5, 0.6) is 0 Å². The van der Waals surface area contributed by atoms with Gasteiger partial charge in [0.2, 0.25) is 0 Å². The highest BCUT2D eigenvalue weighted by molar-refractivity contribution is 5.69. The molecule has 1 saturated heterocycles. The van der Waals surface area contributed by atoms with E-state index in [0.717, 1.165) is 12.8 Å². The number of hydrogen-bond acceptors (Lipinski definition) is 3. The lowest BCUT2D eigenvalue weighted by molar-refractivity contribution is -0.143. The third kappa shape index (κ3) is 4.39. The summed E-state index contributed by atoms with van der Waals surface area (Å²) in [7, 11) is 0. The van der Waals surface area contributed by atoms with Crippen molar-refractivity contribution >= 4 is 12.1 Å². The fraction of sp³-hybridized carbons (Fsp3) is 0.867. The molecule has 20 heavy (non-hydrogen) atoms. The van der Waals surface area contributed by atoms with Gasteiger partial charge in [0.1, 0.15) is 0 Å². The van der Waals surface area contributed by atoms with Crippen molar-refractivity contribution in [1.29, 1.82) is 0 Å². The maximum Gasteiger partial charge on any atom is 0.407 e. The second kappa shape index (κ2) is 6.95. The lowest BCUT2D eigenvalue weighted by Crippen LogP contribution is -2.54. The number of esters is 1. The van der Waals surface area contributed by atoms with Gasteiger partial charge >= 0.3 is 12.1 Å². The molecule has 1 heterocycles. The van der Waals surface area contributed by atoms with Gasteiger partial charge in [-0.05, 0) is 37.5 Å². The molecule has 0 radical (unpaired) electrons. The maximum atomic E-state index is 11.5. The fourth-order valence-electron chi connectivity index (χ4n) is 3.30. The van der Waals surface area contributed by atoms with E-state index in [9.17, 15) is 14.7 Å². The van der Waals surface area contributed by atoms with Gasteiger partial charge in [0.15, 0.2) is 0 Å². The number of amides is 1. The Morgan fingerprint density at radius 3 is 2.50 bits per heavy atom. The zero-order valence-corrected chi connectivity index (χ0v) is 13.0. The predicted molar refractivity (Wildman–Crippen MR) is 76.6 cm³/mol. The standard InChI is InChI=1S/C15H27NO4/c1-5-20-12(17)9-8-11-7-6-10-16(14(18)19)13(11)15(2,3)4/h11,13H,5-10H2,1-4H3,(H,18,19)/t11?,13-/m0/s1. The third-order valence-corrected chi connectivity index (χ3v) is 3.91. The van der Waals surface area contributed by atoms with Crippen LogP contribution in [-0.4, -0.2) is 41.3 Å². The second-order valence-electron chi connectivity index (χ2n) is 6.53. The highest BCUT2D eigenvalue weighted by Crippen LogP contribution is 2.38. The molecule has 0 saturated carbocycles. The molecule has 1 N–H and O–H groups in total. The van der Waals surface area contributed by atoms with E-state index in [1.165, 1.54) is 0 Å². The average Bonchev–Trinajstić information content (AvgIpc) is 2.35. The summed E-state index contributed by atoms with van der Waals surface area (Å²) in [4.78, 5) is 24.5. The molecule has 1 rings (SSSR count). The molecule has 1 unspecified atom stereocenters. The number of likely N-dealkylation sites (tertiary alicyclic amines) is 1. The van der Waals surface area contributed by atoms with E-state index in [0.29, 0.717) is 26.0 Å². The minimum absolute atomic E-state index is 0.0387. The first-order chi connectivity index (χ1) is 9.27. The molecule has 2 atom stereocenters. The van der Waals surface area contributed by atoms with E-state index in [1.807, 2.05) is 0 Å². The van der Waals surface area contributed by atoms with Crippen LogP contribution in [0.1, 0.15) is 53.4 Å². The van der Waals surface area contributed by atoms with Crippen LogP contribution in [0, 0.1) is 11.3 Å². The van der Waals surface area contributed by atoms with Crippen LogP contribution in [0.4, 0.5) is 4.79 Å². The summed E-state index contributed by atoms with van der Waals surface area (Å²) < 4.78 is 4.96. The lowest BCUT2D eigenvalue weighted by atomic mass is 9.72. The van der Waals surface area contributed by atoms with Crippen LogP contribution >= 0.6 is 0 Å². The maximum absolute atomic E-state index is 11.5. The summed E-state index contributed by atoms with van der Waals surface area (Å²) in [5, 5.41) is 9.39. The fourth-order valence-corrected chi connectivity index (χ4v) is 3.30. The number of carbonyl (C=O) groups excluding carboxylic acids is 1. The summed E-state index contributed by atoms with van der Waals surface area (Å²) in [6.45, 7) is 8.98. The van der Waals surface area contributed by atoms with Crippen molar-refractivity contribution in [3.63, 3.8) is 0 Å². The Balaban J connectivity index is 2.75. The molecule has 0 aliphatic carbocycles. The highest BCUT2D eigenvalue weighted by atomic mass is 16.5. The number of hydrogen-bond donors (Lipinski definition) is 1. The molecule has 1 fully saturated rings. The second-order valence-corrected chi connectivity index (χ2v) is 6.53. The van der Waals surface area contributed by atoms with Gasteiger partial charge in [-0.3, -0.25) is 4.79 Å². The van der Waals surface area contributed by atoms with Crippen molar-refractivity contribution in [3.8, 4) is 0 Å². The van der Waals surface area contributed by atoms with E-state index in [4.69, 9.17) is 4.74 Å². The van der Waals surface area contributed by atoms with Gasteiger partial charge in [0.05, 0.1) is 6.61 Å². The Hall–Kier alpha value is -1.26. The van der Waals surface area contributed by atoms with Crippen molar-refractivity contribution in [2.24, 2.45) is 11.3 Å². The van der Waals surface area contributed by atoms with E-state index in [2.05, 4.69) is 20.8 Å². The Morgan fingerprint density at radius 1 is 1.35 bits per heavy atom. The van der Waals surface area contributed by atoms with Crippen molar-refractivity contribution in [2.75, 3.05) is 13.2 Å². The Labute approximate surface area is 121 Å². The van der Waals surface area contributed by atoms with Crippen LogP contribution < -0.4 is 0 Å². The molecular formula is C15H27NO4. The largest absolute Gasteiger partial charge is 0.466 e. The first kappa shape index (κ1) is 16.8. The SMILES string of the molecule is CCOC(=O)CCC1CCCN(C(=O)O)[C@@H]1C(C)(C)C. The minimum Gasteiger partial charge on any atom is -0.466 e. The van der Waals surface area contributed by atoms with Crippen LogP contribution in [0.3, 0.4) is 0 Å². The van der Waals surface area contributed by atoms with Gasteiger partial charge in [-0.15, -0.1) is 0 Å². The van der Waals surface area contributed by atoms with Crippen LogP contribution in [0.2, 0.25) is 0 Å². The molecule has 0 aromatic heterocycles. The summed E-state index contributed by atoms with van der Waals surface area (Å²) in [6, 6.07) is -0.0387. The molecular weight excluding hydrogens is 258 g/mol. The number of piperidine rings is 1. The molecule has 0 aromatic carbocycles. The summed E-state index contributed by atoms with van der Waals surface area (Å²) in [5.74, 6) is 0.0388. The lowest BCUT2D eigenvalue weighted by Gasteiger charge is -2.47. The van der Waals surface area contributed by atoms with Gasteiger partial charge in [-0.25, -0.2) is 4.79 Å². The molecule has 0 spiro atoms. The average molecular weight is 285 g/mol. The molecule has 5 heteroatoms. The van der Waals surface area contributed by atoms with Gasteiger partial charge in [0, 0.05) is 19.0 Å². The number of ether oxygens (including phenoxy) is 1. The van der Waals surface area contributed by atoms with Gasteiger partial charge in [0.25, 0.3) is 0 Å². The Bertz CT molecular complexity index is 348. The molecule has 1 aliphatic rings. The molecule has 0 aromatic rings. The minimum atomic E-state index is -0.856. The van der Waals surface area contributed by atoms with E-state index < -0.39 is 6.09 Å². The summed E-state index contributed by atoms with van der Waals surface area (Å²) in [6.07, 6.45) is 2.06. The smallest absolute Gasteiger partial charge is 0.407 e. The molecule has 116 valence electrons. The number of carbonyl (C=O) groups is 2. The molecule has 0 bridgehead atoms. The van der Waals surface area contributed by atoms with Gasteiger partial charge in [-0.2, -0.15) is 0 Å². The van der Waals surface area contributed by atoms with Crippen LogP contribution in [0.15, 0.2) is 0 Å². The summed E-state index contributed by atoms with van der Waals surface area (Å²) >= 11 is 0. The van der Waals surface area contributed by atoms with Crippen molar-refractivity contribution in [3.05, 3.63) is 0 Å². The third-order valence-electron chi connectivity index (χ3n) is 3.91. The van der Waals surface area contributed by atoms with Crippen LogP contribution in [0.25, 0.3) is 0 Å². The van der Waals surface area contributed by atoms with E-state index >= 15 is 0 Å². The zero-order chi connectivity index (χ0) is 15.3. The summed E-state index contributed by atoms with van der Waals surface area (Å²) in [5.41, 5.74) is -0.127. The zero-order valence-electron chi connectivity index (χ0n) is 13.0. The number of nitrogens with zero attached hydrogens (tertiary/aromatic N) is 1. The van der Waals surface area contributed by atoms with Crippen molar-refractivity contribution in [2.45, 2.75) is 59.4 Å². The molecule has 1 amide bonds. The van der Waals surface area contributed by atoms with E-state index in [-0.39, 0.29) is 23.3 Å².